The van der Waals surface area contributed by atoms with Crippen molar-refractivity contribution in [2.45, 2.75) is 39.2 Å². The molecule has 1 atom stereocenters. The lowest BCUT2D eigenvalue weighted by molar-refractivity contribution is -0.116. The molecule has 2 aromatic carbocycles. The van der Waals surface area contributed by atoms with Crippen LogP contribution >= 0.6 is 0 Å². The number of amides is 3. The molecule has 3 heterocycles. The SMILES string of the molecule is CCC1C=Nc2cc(OCCCC(=O)Nc3cc(C(=O)Nc4ccc(-c5cc(C(=O)OCCNC)n(C)c5)cc4)n(C)c3)c(OC)cc2C(=O)N1CC. The van der Waals surface area contributed by atoms with Gasteiger partial charge in [0.2, 0.25) is 5.91 Å². The van der Waals surface area contributed by atoms with E-state index in [1.54, 1.807) is 84.0 Å². The van der Waals surface area contributed by atoms with Gasteiger partial charge in [0.1, 0.15) is 18.0 Å². The highest BCUT2D eigenvalue weighted by Gasteiger charge is 2.28. The van der Waals surface area contributed by atoms with Gasteiger partial charge >= 0.3 is 5.97 Å². The Bertz CT molecular complexity index is 1980. The van der Waals surface area contributed by atoms with Crippen LogP contribution in [0.5, 0.6) is 11.5 Å². The van der Waals surface area contributed by atoms with E-state index in [-0.39, 0.29) is 43.4 Å². The number of carbonyl (C=O) groups excluding carboxylic acids is 4. The Hall–Kier alpha value is -5.89. The molecule has 0 fully saturated rings. The van der Waals surface area contributed by atoms with Gasteiger partial charge in [0.15, 0.2) is 11.5 Å². The number of anilines is 2. The van der Waals surface area contributed by atoms with E-state index in [9.17, 15) is 19.2 Å². The molecule has 0 aliphatic carbocycles. The van der Waals surface area contributed by atoms with Crippen LogP contribution in [0.1, 0.15) is 64.4 Å². The lowest BCUT2D eigenvalue weighted by Crippen LogP contribution is -2.39. The highest BCUT2D eigenvalue weighted by Crippen LogP contribution is 2.37. The lowest BCUT2D eigenvalue weighted by Gasteiger charge is -2.26. The number of esters is 1. The number of fused-ring (bicyclic) bond motifs is 1. The maximum Gasteiger partial charge on any atom is 0.355 e. The van der Waals surface area contributed by atoms with Gasteiger partial charge in [0.25, 0.3) is 11.8 Å². The van der Waals surface area contributed by atoms with E-state index >= 15 is 0 Å². The Kier molecular flexibility index (Phi) is 12.7. The summed E-state index contributed by atoms with van der Waals surface area (Å²) in [6, 6.07) is 14.0. The second-order valence-corrected chi connectivity index (χ2v) is 12.6. The number of carbonyl (C=O) groups is 4. The maximum absolute atomic E-state index is 13.2. The van der Waals surface area contributed by atoms with Crippen molar-refractivity contribution >= 4 is 47.0 Å². The molecule has 0 spiro atoms. The van der Waals surface area contributed by atoms with Gasteiger partial charge in [-0.15, -0.1) is 0 Å². The molecule has 0 bridgehead atoms. The first kappa shape index (κ1) is 38.3. The third kappa shape index (κ3) is 9.13. The minimum Gasteiger partial charge on any atom is -0.493 e. The van der Waals surface area contributed by atoms with Crippen molar-refractivity contribution in [1.82, 2.24) is 19.4 Å². The maximum atomic E-state index is 13.2. The summed E-state index contributed by atoms with van der Waals surface area (Å²) in [7, 11) is 6.82. The predicted molar refractivity (Wildman–Crippen MR) is 204 cm³/mol. The zero-order valence-corrected chi connectivity index (χ0v) is 31.0. The van der Waals surface area contributed by atoms with E-state index in [0.717, 1.165) is 17.5 Å². The summed E-state index contributed by atoms with van der Waals surface area (Å²) in [6.45, 7) is 5.60. The molecule has 280 valence electrons. The molecule has 0 saturated carbocycles. The third-order valence-electron chi connectivity index (χ3n) is 8.92. The minimum atomic E-state index is -0.396. The van der Waals surface area contributed by atoms with Gasteiger partial charge in [0.05, 0.1) is 36.7 Å². The summed E-state index contributed by atoms with van der Waals surface area (Å²) in [5, 5.41) is 8.68. The number of aryl methyl sites for hydroxylation is 2. The van der Waals surface area contributed by atoms with Crippen molar-refractivity contribution < 1.29 is 33.4 Å². The van der Waals surface area contributed by atoms with Crippen LogP contribution < -0.4 is 25.4 Å². The number of aromatic nitrogens is 2. The zero-order valence-electron chi connectivity index (χ0n) is 31.0. The van der Waals surface area contributed by atoms with E-state index in [4.69, 9.17) is 14.2 Å². The highest BCUT2D eigenvalue weighted by molar-refractivity contribution is 6.05. The van der Waals surface area contributed by atoms with Gasteiger partial charge in [-0.1, -0.05) is 19.1 Å². The highest BCUT2D eigenvalue weighted by atomic mass is 16.5. The van der Waals surface area contributed by atoms with Crippen LogP contribution in [0.15, 0.2) is 65.9 Å². The fourth-order valence-corrected chi connectivity index (χ4v) is 6.04. The number of rotatable bonds is 16. The van der Waals surface area contributed by atoms with Crippen LogP contribution in [-0.4, -0.2) is 90.4 Å². The fraction of sp³-hybridized carbons (Fsp3) is 0.359. The Balaban J connectivity index is 1.12. The number of hydrogen-bond donors (Lipinski definition) is 3. The molecule has 5 rings (SSSR count). The summed E-state index contributed by atoms with van der Waals surface area (Å²) in [6.07, 6.45) is 6.66. The molecule has 0 radical (unpaired) electrons. The van der Waals surface area contributed by atoms with Crippen LogP contribution in [-0.2, 0) is 23.6 Å². The third-order valence-corrected chi connectivity index (χ3v) is 8.92. The van der Waals surface area contributed by atoms with E-state index in [1.807, 2.05) is 32.2 Å². The van der Waals surface area contributed by atoms with Crippen molar-refractivity contribution in [2.24, 2.45) is 19.1 Å². The number of ether oxygens (including phenoxy) is 3. The van der Waals surface area contributed by atoms with Gasteiger partial charge in [0, 0.05) is 69.5 Å². The normalized spacial score (nSPS) is 13.7. The number of hydrogen-bond acceptors (Lipinski definition) is 9. The standard InChI is InChI=1S/C39H47N7O7/c1-7-29-22-41-31-21-35(34(51-6)20-30(31)38(49)46(29)8-2)52-16-9-10-36(47)42-28-19-32(45(5)24-28)37(48)43-27-13-11-25(12-14-27)26-18-33(44(4)23-26)39(50)53-17-15-40-3/h11-14,18-24,29,40H,7-10,15-17H2,1-6H3,(H,42,47)(H,43,48). The van der Waals surface area contributed by atoms with E-state index in [0.29, 0.717) is 65.0 Å². The Morgan fingerprint density at radius 3 is 2.32 bits per heavy atom. The van der Waals surface area contributed by atoms with Crippen LogP contribution in [0.2, 0.25) is 0 Å². The molecule has 4 aromatic rings. The van der Waals surface area contributed by atoms with Crippen molar-refractivity contribution in [3.63, 3.8) is 0 Å². The number of nitrogens with one attached hydrogen (secondary N) is 3. The molecule has 1 aliphatic heterocycles. The smallest absolute Gasteiger partial charge is 0.355 e. The van der Waals surface area contributed by atoms with E-state index < -0.39 is 5.97 Å². The first-order valence-electron chi connectivity index (χ1n) is 17.6. The molecule has 3 N–H and O–H groups in total. The van der Waals surface area contributed by atoms with E-state index in [2.05, 4.69) is 20.9 Å². The average Bonchev–Trinajstić information content (AvgIpc) is 3.69. The van der Waals surface area contributed by atoms with Gasteiger partial charge < -0.3 is 44.2 Å². The first-order chi connectivity index (χ1) is 25.6. The van der Waals surface area contributed by atoms with Crippen molar-refractivity contribution in [3.05, 3.63) is 77.9 Å². The summed E-state index contributed by atoms with van der Waals surface area (Å²) in [4.78, 5) is 57.9. The Morgan fingerprint density at radius 1 is 0.868 bits per heavy atom. The van der Waals surface area contributed by atoms with Gasteiger partial charge in [-0.2, -0.15) is 0 Å². The molecule has 1 aliphatic rings. The minimum absolute atomic E-state index is 0.0915. The summed E-state index contributed by atoms with van der Waals surface area (Å²) < 4.78 is 20.2. The molecule has 14 heteroatoms. The number of aliphatic imine (C=N–C) groups is 1. The molecule has 14 nitrogen and oxygen atoms in total. The Morgan fingerprint density at radius 2 is 1.62 bits per heavy atom. The predicted octanol–water partition coefficient (Wildman–Crippen LogP) is 5.42. The summed E-state index contributed by atoms with van der Waals surface area (Å²) in [5.41, 5.74) is 4.57. The van der Waals surface area contributed by atoms with Gasteiger partial charge in [-0.3, -0.25) is 19.4 Å². The molecule has 2 aromatic heterocycles. The lowest BCUT2D eigenvalue weighted by atomic mass is 10.1. The molecule has 1 unspecified atom stereocenters. The van der Waals surface area contributed by atoms with Crippen molar-refractivity contribution in [1.29, 1.82) is 0 Å². The summed E-state index contributed by atoms with van der Waals surface area (Å²) in [5.74, 6) is -0.217. The largest absolute Gasteiger partial charge is 0.493 e. The number of methoxy groups -OCH3 is 1. The molecular formula is C39H47N7O7. The second kappa shape index (κ2) is 17.6. The second-order valence-electron chi connectivity index (χ2n) is 12.6. The number of likely N-dealkylation sites (N-methyl/N-ethyl adjacent to an activating group) is 1. The van der Waals surface area contributed by atoms with Crippen LogP contribution in [0.3, 0.4) is 0 Å². The van der Waals surface area contributed by atoms with Crippen LogP contribution in [0, 0.1) is 0 Å². The van der Waals surface area contributed by atoms with Gasteiger partial charge in [-0.05, 0) is 62.7 Å². The molecule has 0 saturated heterocycles. The number of benzene rings is 2. The van der Waals surface area contributed by atoms with Gasteiger partial charge in [-0.25, -0.2) is 4.79 Å². The Labute approximate surface area is 309 Å². The van der Waals surface area contributed by atoms with Crippen molar-refractivity contribution in [3.8, 4) is 22.6 Å². The molecular weight excluding hydrogens is 678 g/mol. The first-order valence-corrected chi connectivity index (χ1v) is 17.6. The van der Waals surface area contributed by atoms with Crippen molar-refractivity contribution in [2.75, 3.05) is 51.1 Å². The van der Waals surface area contributed by atoms with Crippen LogP contribution in [0.4, 0.5) is 17.1 Å². The molecule has 53 heavy (non-hydrogen) atoms. The van der Waals surface area contributed by atoms with Crippen LogP contribution in [0.25, 0.3) is 11.1 Å². The monoisotopic (exact) mass is 725 g/mol. The zero-order chi connectivity index (χ0) is 38.1. The average molecular weight is 726 g/mol. The quantitative estimate of drug-likeness (QED) is 0.102. The number of nitrogens with zero attached hydrogens (tertiary/aromatic N) is 4. The fourth-order valence-electron chi connectivity index (χ4n) is 6.04. The molecule has 3 amide bonds. The van der Waals surface area contributed by atoms with E-state index in [1.165, 1.54) is 7.11 Å². The summed E-state index contributed by atoms with van der Waals surface area (Å²) >= 11 is 0. The topological polar surface area (TPSA) is 158 Å².